The molecule has 0 spiro atoms. The van der Waals surface area contributed by atoms with Crippen molar-refractivity contribution in [3.05, 3.63) is 198 Å². The van der Waals surface area contributed by atoms with E-state index in [2.05, 4.69) is 129 Å². The standard InChI is InChI=1S/2C29H33FN4O.C16H16F3NO.C14H17N3O/c2*1-32-19-26(25-17-22(30)7-10-27(25)32)20-5-8-23(9-6-20)33-12-14-34(15-13-33)28-18-24(35-2)16-21-4-3-11-31-29(21)28;1-20-9-14(10-2-5-12(21)6-3-10)13-8-11(16(17,18)19)4-7-15(13)20;1-18-12-9-11-3-2-4-16-14(11)13(10-12)17-7-5-15-6-8-17/h2*3-4,7,10-11,16-20,23H,5-6,8-9,12-15H2,1-2H3;4,7-10H,2-3,5-6H2,1H3;2-4,9-10,15H,5-8H2,1H3. The lowest BCUT2D eigenvalue weighted by Gasteiger charge is -2.42. The summed E-state index contributed by atoms with van der Waals surface area (Å²) in [5.74, 6) is 3.84. The molecule has 3 aliphatic heterocycles. The number of ether oxygens (including phenoxy) is 3. The fourth-order valence-electron chi connectivity index (χ4n) is 18.2. The first kappa shape index (κ1) is 74.6. The number of ketones is 1. The van der Waals surface area contributed by atoms with E-state index in [-0.39, 0.29) is 23.3 Å². The molecular weight excluding hydrogens is 1380 g/mol. The third-order valence-electron chi connectivity index (χ3n) is 24.1. The minimum Gasteiger partial charge on any atom is -0.497 e. The minimum atomic E-state index is -4.33. The normalized spacial score (nSPS) is 19.9. The molecule has 6 aliphatic rings. The van der Waals surface area contributed by atoms with E-state index < -0.39 is 11.7 Å². The summed E-state index contributed by atoms with van der Waals surface area (Å²) in [5, 5.41) is 9.57. The smallest absolute Gasteiger partial charge is 0.416 e. The largest absolute Gasteiger partial charge is 0.497 e. The maximum atomic E-state index is 14.0. The number of nitrogens with zero attached hydrogens (tertiary/aromatic N) is 11. The Hall–Kier alpha value is -9.83. The SMILES string of the molecule is COc1cc(N2CCN(C3CCC(c4cn(C)c5ccc(F)cc45)CC3)CC2)c2ncccc2c1.COc1cc(N2CCN(C3CCC(c4cn(C)c5ccc(F)cc45)CC3)CC2)c2ncccc2c1.COc1cc(N2CCNCC2)c2ncccc2c1.Cn1cc(C2CCC(=O)CC2)c2cc(C(F)(F)F)ccc21. The third kappa shape index (κ3) is 16.3. The van der Waals surface area contributed by atoms with Crippen LogP contribution in [-0.4, -0.2) is 156 Å². The molecule has 3 aliphatic carbocycles. The first-order valence-electron chi connectivity index (χ1n) is 38.8. The maximum Gasteiger partial charge on any atom is 0.416 e. The van der Waals surface area contributed by atoms with Gasteiger partial charge in [0.25, 0.3) is 0 Å². The second kappa shape index (κ2) is 32.8. The Morgan fingerprint density at radius 3 is 1.13 bits per heavy atom. The van der Waals surface area contributed by atoms with E-state index in [0.29, 0.717) is 42.1 Å². The van der Waals surface area contributed by atoms with Gasteiger partial charge in [0.15, 0.2) is 0 Å². The Morgan fingerprint density at radius 2 is 0.761 bits per heavy atom. The van der Waals surface area contributed by atoms with Gasteiger partial charge in [0.05, 0.1) is 60.5 Å². The van der Waals surface area contributed by atoms with E-state index >= 15 is 0 Å². The van der Waals surface area contributed by atoms with E-state index in [4.69, 9.17) is 14.2 Å². The van der Waals surface area contributed by atoms with Crippen molar-refractivity contribution < 1.29 is 41.0 Å². The Morgan fingerprint density at radius 1 is 0.413 bits per heavy atom. The van der Waals surface area contributed by atoms with Crippen molar-refractivity contribution in [2.75, 3.05) is 115 Å². The second-order valence-electron chi connectivity index (χ2n) is 30.4. The molecule has 3 saturated heterocycles. The van der Waals surface area contributed by atoms with Crippen LogP contribution >= 0.6 is 0 Å². The van der Waals surface area contributed by atoms with Crippen molar-refractivity contribution in [3.63, 3.8) is 0 Å². The maximum absolute atomic E-state index is 14.0. The molecule has 0 bridgehead atoms. The van der Waals surface area contributed by atoms with Crippen molar-refractivity contribution in [1.82, 2.24) is 43.8 Å². The van der Waals surface area contributed by atoms with Crippen molar-refractivity contribution in [3.8, 4) is 17.2 Å². The Kier molecular flexibility index (Phi) is 22.4. The molecule has 1 N–H and O–H groups in total. The van der Waals surface area contributed by atoms with E-state index in [1.807, 2.05) is 72.8 Å². The van der Waals surface area contributed by atoms with E-state index in [1.165, 1.54) is 91.7 Å². The van der Waals surface area contributed by atoms with Crippen LogP contribution in [0.4, 0.5) is 39.0 Å². The predicted octanol–water partition coefficient (Wildman–Crippen LogP) is 17.5. The molecule has 0 radical (unpaired) electrons. The first-order valence-corrected chi connectivity index (χ1v) is 38.8. The van der Waals surface area contributed by atoms with Crippen LogP contribution in [0.5, 0.6) is 17.2 Å². The number of hydrogen-bond acceptors (Lipinski definition) is 13. The van der Waals surface area contributed by atoms with Crippen LogP contribution in [-0.2, 0) is 32.1 Å². The van der Waals surface area contributed by atoms with Crippen LogP contribution in [0.2, 0.25) is 0 Å². The van der Waals surface area contributed by atoms with Gasteiger partial charge in [-0.25, -0.2) is 8.78 Å². The fraction of sp³-hybridized carbons (Fsp3) is 0.409. The molecule has 6 fully saturated rings. The zero-order chi connectivity index (χ0) is 75.5. The van der Waals surface area contributed by atoms with Crippen LogP contribution < -0.4 is 34.2 Å². The van der Waals surface area contributed by atoms with E-state index in [1.54, 1.807) is 45.6 Å². The summed E-state index contributed by atoms with van der Waals surface area (Å²) < 4.78 is 89.3. The van der Waals surface area contributed by atoms with Crippen molar-refractivity contribution in [2.45, 2.75) is 113 Å². The van der Waals surface area contributed by atoms with Gasteiger partial charge in [-0.1, -0.05) is 18.2 Å². The number of aromatic nitrogens is 6. The van der Waals surface area contributed by atoms with Gasteiger partial charge in [0, 0.05) is 229 Å². The highest BCUT2D eigenvalue weighted by molar-refractivity contribution is 5.95. The molecule has 0 atom stereocenters. The molecule has 6 aromatic heterocycles. The number of alkyl halides is 3. The predicted molar refractivity (Wildman–Crippen MR) is 427 cm³/mol. The fourth-order valence-corrected chi connectivity index (χ4v) is 18.2. The van der Waals surface area contributed by atoms with Crippen LogP contribution in [0.3, 0.4) is 0 Å². The number of carbonyl (C=O) groups excluding carboxylic acids is 1. The van der Waals surface area contributed by atoms with Gasteiger partial charge in [-0.15, -0.1) is 0 Å². The third-order valence-corrected chi connectivity index (χ3v) is 24.1. The number of carbonyl (C=O) groups is 1. The minimum absolute atomic E-state index is 0.143. The number of pyridine rings is 3. The average Bonchev–Trinajstić information content (AvgIpc) is 1.33. The van der Waals surface area contributed by atoms with Gasteiger partial charge in [-0.2, -0.15) is 13.2 Å². The molecular formula is C88H99F5N12O4. The van der Waals surface area contributed by atoms with Gasteiger partial charge in [0.1, 0.15) is 34.7 Å². The summed E-state index contributed by atoms with van der Waals surface area (Å²) in [6.07, 6.45) is 19.7. The van der Waals surface area contributed by atoms with Crippen LogP contribution in [0, 0.1) is 11.6 Å². The summed E-state index contributed by atoms with van der Waals surface area (Å²) >= 11 is 0. The zero-order valence-electron chi connectivity index (χ0n) is 63.4. The number of benzene rings is 6. The molecule has 12 aromatic rings. The lowest BCUT2D eigenvalue weighted by atomic mass is 9.81. The number of fused-ring (bicyclic) bond motifs is 6. The summed E-state index contributed by atoms with van der Waals surface area (Å²) in [7, 11) is 11.1. The molecule has 3 saturated carbocycles. The molecule has 9 heterocycles. The number of methoxy groups -OCH3 is 3. The first-order chi connectivity index (χ1) is 52.9. The molecule has 18 rings (SSSR count). The zero-order valence-corrected chi connectivity index (χ0v) is 63.4. The highest BCUT2D eigenvalue weighted by Crippen LogP contribution is 2.44. The van der Waals surface area contributed by atoms with Gasteiger partial charge < -0.3 is 47.9 Å². The number of piperazine rings is 3. The molecule has 109 heavy (non-hydrogen) atoms. The monoisotopic (exact) mass is 1480 g/mol. The van der Waals surface area contributed by atoms with E-state index in [9.17, 15) is 26.7 Å². The number of anilines is 3. The molecule has 0 unspecified atom stereocenters. The van der Waals surface area contributed by atoms with Crippen LogP contribution in [0.1, 0.15) is 117 Å². The van der Waals surface area contributed by atoms with Crippen LogP contribution in [0.15, 0.2) is 165 Å². The molecule has 6 aromatic carbocycles. The summed E-state index contributed by atoms with van der Waals surface area (Å²) in [6, 6.07) is 40.2. The Bertz CT molecular complexity index is 4970. The van der Waals surface area contributed by atoms with Gasteiger partial charge in [0.2, 0.25) is 0 Å². The number of aryl methyl sites for hydroxylation is 3. The van der Waals surface area contributed by atoms with Crippen molar-refractivity contribution in [2.24, 2.45) is 21.1 Å². The molecule has 0 amide bonds. The summed E-state index contributed by atoms with van der Waals surface area (Å²) in [4.78, 5) is 37.9. The van der Waals surface area contributed by atoms with Gasteiger partial charge in [-0.3, -0.25) is 29.5 Å². The highest BCUT2D eigenvalue weighted by Gasteiger charge is 2.35. The molecule has 16 nitrogen and oxygen atoms in total. The lowest BCUT2D eigenvalue weighted by Crippen LogP contribution is -2.51. The number of halogens is 5. The summed E-state index contributed by atoms with van der Waals surface area (Å²) in [5.41, 5.74) is 12.7. The number of Topliss-reactive ketones (excluding diaryl/α,β-unsaturated/α-hetero) is 1. The van der Waals surface area contributed by atoms with Gasteiger partial charge in [-0.05, 0) is 190 Å². The number of hydrogen-bond donors (Lipinski definition) is 1. The molecule has 570 valence electrons. The quantitative estimate of drug-likeness (QED) is 0.124. The molecule has 21 heteroatoms. The van der Waals surface area contributed by atoms with Gasteiger partial charge >= 0.3 is 6.18 Å². The van der Waals surface area contributed by atoms with Crippen LogP contribution in [0.25, 0.3) is 65.4 Å². The Labute approximate surface area is 634 Å². The Balaban J connectivity index is 0.000000120. The van der Waals surface area contributed by atoms with Crippen molar-refractivity contribution in [1.29, 1.82) is 0 Å². The highest BCUT2D eigenvalue weighted by atomic mass is 19.4. The topological polar surface area (TPSA) is 126 Å². The average molecular weight is 1480 g/mol. The van der Waals surface area contributed by atoms with Crippen molar-refractivity contribution >= 4 is 88.3 Å². The summed E-state index contributed by atoms with van der Waals surface area (Å²) in [6.45, 7) is 12.3. The lowest BCUT2D eigenvalue weighted by molar-refractivity contribution is -0.137. The number of rotatable bonds is 11. The second-order valence-corrected chi connectivity index (χ2v) is 30.4. The number of nitrogens with one attached hydrogen (secondary N) is 1. The van der Waals surface area contributed by atoms with E-state index in [0.717, 1.165) is 180 Å².